The number of rotatable bonds is 2. The monoisotopic (exact) mass is 249 g/mol. The number of halogens is 3. The largest absolute Gasteiger partial charge is 0.293 e. The van der Waals surface area contributed by atoms with Crippen LogP contribution in [0.25, 0.3) is 0 Å². The molecular formula is C9H10BrF2N. The summed E-state index contributed by atoms with van der Waals surface area (Å²) in [4.78, 5) is 1.45. The van der Waals surface area contributed by atoms with Crippen molar-refractivity contribution >= 4 is 15.9 Å². The first-order valence-electron chi connectivity index (χ1n) is 3.78. The first kappa shape index (κ1) is 10.6. The van der Waals surface area contributed by atoms with Gasteiger partial charge in [-0.05, 0) is 32.3 Å². The van der Waals surface area contributed by atoms with E-state index in [2.05, 4.69) is 15.9 Å². The van der Waals surface area contributed by atoms with E-state index in [1.54, 1.807) is 19.0 Å². The van der Waals surface area contributed by atoms with Crippen molar-refractivity contribution < 1.29 is 8.78 Å². The summed E-state index contributed by atoms with van der Waals surface area (Å²) in [6.07, 6.45) is 0. The first-order valence-corrected chi connectivity index (χ1v) is 4.69. The maximum Gasteiger partial charge on any atom is 0.129 e. The van der Waals surface area contributed by atoms with Gasteiger partial charge in [0, 0.05) is 5.56 Å². The van der Waals surface area contributed by atoms with Crippen molar-refractivity contribution in [3.63, 3.8) is 0 Å². The molecule has 0 heterocycles. The van der Waals surface area contributed by atoms with Crippen LogP contribution in [-0.2, 0) is 0 Å². The Bertz CT molecular complexity index is 302. The standard InChI is InChI=1S/C9H10BrF2N/c1-13(2)9(10)7-5-6(11)3-4-8(7)12/h3-5,9H,1-2H3. The van der Waals surface area contributed by atoms with Crippen LogP contribution in [0, 0.1) is 11.6 Å². The summed E-state index contributed by atoms with van der Waals surface area (Å²) in [7, 11) is 3.56. The number of hydrogen-bond donors (Lipinski definition) is 0. The van der Waals surface area contributed by atoms with Crippen LogP contribution in [0.2, 0.25) is 0 Å². The SMILES string of the molecule is CN(C)C(Br)c1cc(F)ccc1F. The smallest absolute Gasteiger partial charge is 0.129 e. The highest BCUT2D eigenvalue weighted by molar-refractivity contribution is 9.09. The summed E-state index contributed by atoms with van der Waals surface area (Å²) in [6, 6.07) is 3.42. The van der Waals surface area contributed by atoms with Crippen molar-refractivity contribution in [2.24, 2.45) is 0 Å². The summed E-state index contributed by atoms with van der Waals surface area (Å²) < 4.78 is 25.9. The van der Waals surface area contributed by atoms with Gasteiger partial charge in [0.25, 0.3) is 0 Å². The molecule has 1 unspecified atom stereocenters. The lowest BCUT2D eigenvalue weighted by Gasteiger charge is -2.18. The Morgan fingerprint density at radius 2 is 1.92 bits per heavy atom. The lowest BCUT2D eigenvalue weighted by atomic mass is 10.2. The third-order valence-electron chi connectivity index (χ3n) is 1.67. The van der Waals surface area contributed by atoms with Gasteiger partial charge in [-0.3, -0.25) is 4.90 Å². The van der Waals surface area contributed by atoms with Crippen LogP contribution in [-0.4, -0.2) is 19.0 Å². The quantitative estimate of drug-likeness (QED) is 0.576. The molecule has 0 fully saturated rings. The topological polar surface area (TPSA) is 3.24 Å². The molecule has 1 rings (SSSR count). The van der Waals surface area contributed by atoms with E-state index in [-0.39, 0.29) is 4.95 Å². The maximum absolute atomic E-state index is 13.2. The molecule has 0 aliphatic carbocycles. The molecule has 0 saturated heterocycles. The Hall–Kier alpha value is -0.480. The van der Waals surface area contributed by atoms with Gasteiger partial charge >= 0.3 is 0 Å². The van der Waals surface area contributed by atoms with Gasteiger partial charge in [-0.15, -0.1) is 0 Å². The minimum atomic E-state index is -0.428. The van der Waals surface area contributed by atoms with Gasteiger partial charge in [-0.2, -0.15) is 0 Å². The molecule has 0 bridgehead atoms. The Labute approximate surface area is 84.5 Å². The van der Waals surface area contributed by atoms with Crippen molar-refractivity contribution in [1.29, 1.82) is 0 Å². The van der Waals surface area contributed by atoms with Crippen molar-refractivity contribution in [1.82, 2.24) is 4.90 Å². The van der Waals surface area contributed by atoms with Gasteiger partial charge in [0.15, 0.2) is 0 Å². The van der Waals surface area contributed by atoms with E-state index < -0.39 is 11.6 Å². The van der Waals surface area contributed by atoms with Gasteiger partial charge in [0.1, 0.15) is 11.6 Å². The molecule has 0 amide bonds. The molecule has 4 heteroatoms. The molecule has 0 radical (unpaired) electrons. The highest BCUT2D eigenvalue weighted by atomic mass is 79.9. The Balaban J connectivity index is 3.05. The average Bonchev–Trinajstić information content (AvgIpc) is 2.08. The van der Waals surface area contributed by atoms with Crippen molar-refractivity contribution in [2.75, 3.05) is 14.1 Å². The van der Waals surface area contributed by atoms with E-state index in [0.717, 1.165) is 12.1 Å². The van der Waals surface area contributed by atoms with Crippen LogP contribution < -0.4 is 0 Å². The van der Waals surface area contributed by atoms with Gasteiger partial charge < -0.3 is 0 Å². The van der Waals surface area contributed by atoms with Crippen LogP contribution in [0.4, 0.5) is 8.78 Å². The van der Waals surface area contributed by atoms with E-state index >= 15 is 0 Å². The Morgan fingerprint density at radius 1 is 1.31 bits per heavy atom. The second-order valence-corrected chi connectivity index (χ2v) is 3.83. The van der Waals surface area contributed by atoms with Crippen molar-refractivity contribution in [2.45, 2.75) is 4.95 Å². The molecule has 1 aromatic rings. The third kappa shape index (κ3) is 2.48. The summed E-state index contributed by atoms with van der Waals surface area (Å²) >= 11 is 3.25. The predicted molar refractivity (Wildman–Crippen MR) is 51.7 cm³/mol. The molecule has 1 nitrogen and oxygen atoms in total. The molecular weight excluding hydrogens is 240 g/mol. The molecule has 0 saturated carbocycles. The molecule has 1 aromatic carbocycles. The van der Waals surface area contributed by atoms with Crippen LogP contribution in [0.5, 0.6) is 0 Å². The Kier molecular flexibility index (Phi) is 3.39. The van der Waals surface area contributed by atoms with E-state index in [9.17, 15) is 8.78 Å². The lowest BCUT2D eigenvalue weighted by molar-refractivity contribution is 0.386. The van der Waals surface area contributed by atoms with Gasteiger partial charge in [0.05, 0.1) is 4.95 Å². The zero-order chi connectivity index (χ0) is 10.0. The third-order valence-corrected chi connectivity index (χ3v) is 2.98. The predicted octanol–water partition coefficient (Wildman–Crippen LogP) is 2.92. The summed E-state index contributed by atoms with van der Waals surface area (Å²) in [5.41, 5.74) is 0.310. The lowest BCUT2D eigenvalue weighted by Crippen LogP contribution is -2.15. The van der Waals surface area contributed by atoms with Crippen LogP contribution in [0.3, 0.4) is 0 Å². The van der Waals surface area contributed by atoms with Crippen LogP contribution in [0.15, 0.2) is 18.2 Å². The van der Waals surface area contributed by atoms with Crippen LogP contribution in [0.1, 0.15) is 10.5 Å². The minimum Gasteiger partial charge on any atom is -0.293 e. The molecule has 0 aliphatic heterocycles. The molecule has 0 N–H and O–H groups in total. The molecule has 13 heavy (non-hydrogen) atoms. The van der Waals surface area contributed by atoms with Crippen LogP contribution >= 0.6 is 15.9 Å². The first-order chi connectivity index (χ1) is 6.02. The van der Waals surface area contributed by atoms with E-state index in [4.69, 9.17) is 0 Å². The van der Waals surface area contributed by atoms with E-state index in [0.29, 0.717) is 5.56 Å². The van der Waals surface area contributed by atoms with Gasteiger partial charge in [-0.1, -0.05) is 15.9 Å². The highest BCUT2D eigenvalue weighted by Gasteiger charge is 2.14. The molecule has 0 spiro atoms. The fraction of sp³-hybridized carbons (Fsp3) is 0.333. The molecule has 1 atom stereocenters. The fourth-order valence-corrected chi connectivity index (χ4v) is 1.33. The Morgan fingerprint density at radius 3 is 2.46 bits per heavy atom. The van der Waals surface area contributed by atoms with Gasteiger partial charge in [-0.25, -0.2) is 8.78 Å². The zero-order valence-electron chi connectivity index (χ0n) is 7.39. The second kappa shape index (κ2) is 4.15. The molecule has 0 aliphatic rings. The minimum absolute atomic E-state index is 0.303. The maximum atomic E-state index is 13.2. The summed E-state index contributed by atoms with van der Waals surface area (Å²) in [6.45, 7) is 0. The number of alkyl halides is 1. The summed E-state index contributed by atoms with van der Waals surface area (Å²) in [5, 5.41) is 0. The molecule has 0 aromatic heterocycles. The molecule has 72 valence electrons. The fourth-order valence-electron chi connectivity index (χ4n) is 0.975. The summed E-state index contributed by atoms with van der Waals surface area (Å²) in [5.74, 6) is -0.834. The zero-order valence-corrected chi connectivity index (χ0v) is 8.98. The number of hydrogen-bond acceptors (Lipinski definition) is 1. The van der Waals surface area contributed by atoms with E-state index in [1.807, 2.05) is 0 Å². The number of benzene rings is 1. The van der Waals surface area contributed by atoms with Gasteiger partial charge in [0.2, 0.25) is 0 Å². The number of nitrogens with zero attached hydrogens (tertiary/aromatic N) is 1. The van der Waals surface area contributed by atoms with Crippen molar-refractivity contribution in [3.05, 3.63) is 35.4 Å². The second-order valence-electron chi connectivity index (χ2n) is 2.97. The normalized spacial score (nSPS) is 13.4. The highest BCUT2D eigenvalue weighted by Crippen LogP contribution is 2.27. The average molecular weight is 250 g/mol. The van der Waals surface area contributed by atoms with E-state index in [1.165, 1.54) is 6.07 Å². The van der Waals surface area contributed by atoms with Crippen molar-refractivity contribution in [3.8, 4) is 0 Å².